The topological polar surface area (TPSA) is 63.3 Å². The van der Waals surface area contributed by atoms with E-state index >= 15 is 0 Å². The van der Waals surface area contributed by atoms with Gasteiger partial charge < -0.3 is 10.8 Å². The Labute approximate surface area is 95.3 Å². The third-order valence-electron chi connectivity index (χ3n) is 3.59. The zero-order chi connectivity index (χ0) is 11.6. The van der Waals surface area contributed by atoms with Gasteiger partial charge in [0.2, 0.25) is 0 Å². The molecule has 0 radical (unpaired) electrons. The molecule has 1 aromatic rings. The zero-order valence-electron chi connectivity index (χ0n) is 9.28. The molecule has 3 N–H and O–H groups in total. The normalized spacial score (nSPS) is 19.2. The fourth-order valence-corrected chi connectivity index (χ4v) is 2.69. The first kappa shape index (κ1) is 11.0. The molecular formula is C13H17NO2. The minimum absolute atomic E-state index is 0.604. The van der Waals surface area contributed by atoms with E-state index in [0.717, 1.165) is 24.8 Å². The Balaban J connectivity index is 2.47. The highest BCUT2D eigenvalue weighted by molar-refractivity contribution is 5.83. The van der Waals surface area contributed by atoms with Gasteiger partial charge in [-0.05, 0) is 24.5 Å². The second-order valence-electron chi connectivity index (χ2n) is 4.54. The van der Waals surface area contributed by atoms with E-state index in [1.54, 1.807) is 6.07 Å². The number of carboxylic acids is 1. The van der Waals surface area contributed by atoms with Crippen LogP contribution in [0.4, 0.5) is 5.69 Å². The average molecular weight is 219 g/mol. The largest absolute Gasteiger partial charge is 0.481 e. The van der Waals surface area contributed by atoms with Crippen molar-refractivity contribution in [2.45, 2.75) is 37.5 Å². The molecule has 3 nitrogen and oxygen atoms in total. The first-order valence-corrected chi connectivity index (χ1v) is 5.75. The van der Waals surface area contributed by atoms with Crippen molar-refractivity contribution in [1.29, 1.82) is 0 Å². The predicted octanol–water partition coefficient (Wildman–Crippen LogP) is 2.56. The molecule has 0 aliphatic heterocycles. The highest BCUT2D eigenvalue weighted by Gasteiger charge is 2.42. The summed E-state index contributed by atoms with van der Waals surface area (Å²) < 4.78 is 0. The maximum absolute atomic E-state index is 11.6. The molecule has 1 fully saturated rings. The van der Waals surface area contributed by atoms with Gasteiger partial charge in [-0.15, -0.1) is 0 Å². The summed E-state index contributed by atoms with van der Waals surface area (Å²) in [6, 6.07) is 7.35. The number of nitrogen functional groups attached to an aromatic ring is 1. The summed E-state index contributed by atoms with van der Waals surface area (Å²) in [6.45, 7) is 0. The van der Waals surface area contributed by atoms with Gasteiger partial charge in [0.05, 0.1) is 5.41 Å². The van der Waals surface area contributed by atoms with Gasteiger partial charge >= 0.3 is 5.97 Å². The summed E-state index contributed by atoms with van der Waals surface area (Å²) in [7, 11) is 0. The van der Waals surface area contributed by atoms with E-state index in [4.69, 9.17) is 5.73 Å². The molecule has 0 heterocycles. The fraction of sp³-hybridized carbons (Fsp3) is 0.462. The van der Waals surface area contributed by atoms with E-state index in [0.29, 0.717) is 18.5 Å². The van der Waals surface area contributed by atoms with Gasteiger partial charge in [0, 0.05) is 5.69 Å². The molecule has 16 heavy (non-hydrogen) atoms. The minimum Gasteiger partial charge on any atom is -0.481 e. The molecule has 1 saturated carbocycles. The fourth-order valence-electron chi connectivity index (χ4n) is 2.69. The Morgan fingerprint density at radius 2 is 1.81 bits per heavy atom. The molecule has 1 aliphatic rings. The molecule has 2 rings (SSSR count). The number of anilines is 1. The highest BCUT2D eigenvalue weighted by atomic mass is 16.4. The first-order chi connectivity index (χ1) is 7.67. The van der Waals surface area contributed by atoms with Crippen LogP contribution in [0.3, 0.4) is 0 Å². The van der Waals surface area contributed by atoms with Crippen molar-refractivity contribution in [3.05, 3.63) is 29.8 Å². The van der Waals surface area contributed by atoms with Crippen LogP contribution in [0.5, 0.6) is 0 Å². The van der Waals surface area contributed by atoms with Crippen molar-refractivity contribution in [2.24, 2.45) is 0 Å². The highest BCUT2D eigenvalue weighted by Crippen LogP contribution is 2.41. The van der Waals surface area contributed by atoms with Gasteiger partial charge in [-0.2, -0.15) is 0 Å². The lowest BCUT2D eigenvalue weighted by molar-refractivity contribution is -0.145. The summed E-state index contributed by atoms with van der Waals surface area (Å²) in [5, 5.41) is 9.51. The van der Waals surface area contributed by atoms with Gasteiger partial charge in [-0.3, -0.25) is 4.79 Å². The summed E-state index contributed by atoms with van der Waals surface area (Å²) in [6.07, 6.45) is 4.48. The zero-order valence-corrected chi connectivity index (χ0v) is 9.28. The lowest BCUT2D eigenvalue weighted by atomic mass is 9.69. The maximum Gasteiger partial charge on any atom is 0.314 e. The molecule has 1 aromatic carbocycles. The summed E-state index contributed by atoms with van der Waals surface area (Å²) in [4.78, 5) is 11.6. The van der Waals surface area contributed by atoms with Crippen LogP contribution in [0.1, 0.15) is 37.7 Å². The molecule has 0 amide bonds. The second kappa shape index (κ2) is 4.16. The van der Waals surface area contributed by atoms with Crippen LogP contribution >= 0.6 is 0 Å². The van der Waals surface area contributed by atoms with E-state index in [2.05, 4.69) is 0 Å². The third-order valence-corrected chi connectivity index (χ3v) is 3.59. The number of nitrogens with two attached hydrogens (primary N) is 1. The van der Waals surface area contributed by atoms with Gasteiger partial charge in [0.25, 0.3) is 0 Å². The number of carboxylic acid groups (broad SMARTS) is 1. The standard InChI is InChI=1S/C13H17NO2/c14-11-7-3-2-6-10(11)13(12(15)16)8-4-1-5-9-13/h2-3,6-7H,1,4-5,8-9,14H2,(H,15,16). The minimum atomic E-state index is -0.746. The smallest absolute Gasteiger partial charge is 0.314 e. The van der Waals surface area contributed by atoms with Crippen LogP contribution in [-0.2, 0) is 10.2 Å². The van der Waals surface area contributed by atoms with E-state index in [1.165, 1.54) is 0 Å². The molecule has 0 atom stereocenters. The van der Waals surface area contributed by atoms with E-state index in [-0.39, 0.29) is 0 Å². The van der Waals surface area contributed by atoms with Gasteiger partial charge in [-0.1, -0.05) is 37.5 Å². The Bertz CT molecular complexity index is 395. The molecule has 0 unspecified atom stereocenters. The van der Waals surface area contributed by atoms with Gasteiger partial charge in [0.15, 0.2) is 0 Å². The molecule has 3 heteroatoms. The van der Waals surface area contributed by atoms with Gasteiger partial charge in [-0.25, -0.2) is 0 Å². The third kappa shape index (κ3) is 1.66. The van der Waals surface area contributed by atoms with Crippen LogP contribution in [-0.4, -0.2) is 11.1 Å². The van der Waals surface area contributed by atoms with Crippen molar-refractivity contribution in [1.82, 2.24) is 0 Å². The molecule has 0 saturated heterocycles. The van der Waals surface area contributed by atoms with Crippen LogP contribution < -0.4 is 5.73 Å². The van der Waals surface area contributed by atoms with E-state index in [9.17, 15) is 9.90 Å². The molecule has 0 spiro atoms. The molecule has 1 aliphatic carbocycles. The quantitative estimate of drug-likeness (QED) is 0.751. The monoisotopic (exact) mass is 219 g/mol. The number of para-hydroxylation sites is 1. The Morgan fingerprint density at radius 1 is 1.19 bits per heavy atom. The lowest BCUT2D eigenvalue weighted by Gasteiger charge is -2.34. The summed E-state index contributed by atoms with van der Waals surface area (Å²) in [5.41, 5.74) is 6.56. The van der Waals surface area contributed by atoms with Gasteiger partial charge in [0.1, 0.15) is 0 Å². The number of aliphatic carboxylic acids is 1. The summed E-state index contributed by atoms with van der Waals surface area (Å²) in [5.74, 6) is -0.731. The Kier molecular flexibility index (Phi) is 2.86. The van der Waals surface area contributed by atoms with Crippen LogP contribution in [0.15, 0.2) is 24.3 Å². The van der Waals surface area contributed by atoms with Crippen molar-refractivity contribution in [2.75, 3.05) is 5.73 Å². The van der Waals surface area contributed by atoms with E-state index in [1.807, 2.05) is 18.2 Å². The molecule has 86 valence electrons. The number of benzene rings is 1. The maximum atomic E-state index is 11.6. The lowest BCUT2D eigenvalue weighted by Crippen LogP contribution is -2.38. The first-order valence-electron chi connectivity index (χ1n) is 5.75. The number of rotatable bonds is 2. The number of hydrogen-bond acceptors (Lipinski definition) is 2. The Morgan fingerprint density at radius 3 is 2.38 bits per heavy atom. The average Bonchev–Trinajstić information content (AvgIpc) is 2.30. The second-order valence-corrected chi connectivity index (χ2v) is 4.54. The number of carbonyl (C=O) groups is 1. The molecule has 0 aromatic heterocycles. The van der Waals surface area contributed by atoms with Crippen LogP contribution in [0.2, 0.25) is 0 Å². The van der Waals surface area contributed by atoms with Crippen molar-refractivity contribution in [3.63, 3.8) is 0 Å². The van der Waals surface area contributed by atoms with Crippen molar-refractivity contribution < 1.29 is 9.90 Å². The molecule has 0 bridgehead atoms. The molecular weight excluding hydrogens is 202 g/mol. The van der Waals surface area contributed by atoms with Crippen LogP contribution in [0.25, 0.3) is 0 Å². The van der Waals surface area contributed by atoms with E-state index < -0.39 is 11.4 Å². The SMILES string of the molecule is Nc1ccccc1C1(C(=O)O)CCCCC1. The predicted molar refractivity (Wildman–Crippen MR) is 63.3 cm³/mol. The Hall–Kier alpha value is -1.51. The number of hydrogen-bond donors (Lipinski definition) is 2. The summed E-state index contributed by atoms with van der Waals surface area (Å²) >= 11 is 0. The van der Waals surface area contributed by atoms with Crippen molar-refractivity contribution in [3.8, 4) is 0 Å². The van der Waals surface area contributed by atoms with Crippen LogP contribution in [0, 0.1) is 0 Å². The van der Waals surface area contributed by atoms with Crippen molar-refractivity contribution >= 4 is 11.7 Å².